The van der Waals surface area contributed by atoms with E-state index in [1.165, 1.54) is 25.7 Å². The van der Waals surface area contributed by atoms with Crippen molar-refractivity contribution in [3.05, 3.63) is 71.8 Å². The first kappa shape index (κ1) is 30.5. The van der Waals surface area contributed by atoms with Gasteiger partial charge in [0.25, 0.3) is 0 Å². The Morgan fingerprint density at radius 2 is 0.842 bits per heavy atom. The summed E-state index contributed by atoms with van der Waals surface area (Å²) in [5, 5.41) is 20.8. The van der Waals surface area contributed by atoms with Crippen molar-refractivity contribution in [2.24, 2.45) is 0 Å². The van der Waals surface area contributed by atoms with Crippen LogP contribution in [-0.2, 0) is 22.7 Å². The van der Waals surface area contributed by atoms with Gasteiger partial charge in [-0.15, -0.1) is 0 Å². The van der Waals surface area contributed by atoms with E-state index in [4.69, 9.17) is 20.3 Å². The molecule has 0 aliphatic rings. The third kappa shape index (κ3) is 15.4. The highest BCUT2D eigenvalue weighted by Crippen LogP contribution is 2.12. The number of nitrogens with one attached hydrogen (secondary N) is 4. The van der Waals surface area contributed by atoms with Gasteiger partial charge in [0.2, 0.25) is 0 Å². The Morgan fingerprint density at radius 3 is 1.18 bits per heavy atom. The van der Waals surface area contributed by atoms with Crippen LogP contribution in [0.3, 0.4) is 0 Å². The standard InChI is InChI=1S/C30H42N4O4/c31-27(33-29(35)37-23-25-17-11-9-12-18-25)21-15-7-5-3-1-2-4-6-8-16-22-28(32)34-30(36)38-24-26-19-13-10-14-20-26/h9-14,17-20H,1-8,15-16,21-24H2,(H2,31,33,35)(H2,32,34,36). The number of amides is 2. The molecule has 0 aliphatic heterocycles. The van der Waals surface area contributed by atoms with E-state index in [-0.39, 0.29) is 24.9 Å². The number of alkyl carbamates (subject to hydrolysis) is 2. The molecule has 2 rings (SSSR count). The molecule has 0 unspecified atom stereocenters. The van der Waals surface area contributed by atoms with E-state index < -0.39 is 12.2 Å². The first-order valence-corrected chi connectivity index (χ1v) is 13.6. The maximum atomic E-state index is 11.8. The molecule has 0 fully saturated rings. The van der Waals surface area contributed by atoms with Crippen LogP contribution in [0.4, 0.5) is 9.59 Å². The molecule has 2 aromatic rings. The zero-order valence-corrected chi connectivity index (χ0v) is 22.3. The van der Waals surface area contributed by atoms with E-state index in [2.05, 4.69) is 10.6 Å². The van der Waals surface area contributed by atoms with E-state index in [0.29, 0.717) is 12.8 Å². The van der Waals surface area contributed by atoms with Crippen LogP contribution in [0, 0.1) is 10.8 Å². The monoisotopic (exact) mass is 522 g/mol. The molecule has 0 atom stereocenters. The molecule has 0 radical (unpaired) electrons. The highest BCUT2D eigenvalue weighted by atomic mass is 16.6. The topological polar surface area (TPSA) is 124 Å². The summed E-state index contributed by atoms with van der Waals surface area (Å²) in [4.78, 5) is 23.5. The van der Waals surface area contributed by atoms with Crippen LogP contribution in [0.25, 0.3) is 0 Å². The number of carbonyl (C=O) groups excluding carboxylic acids is 2. The van der Waals surface area contributed by atoms with Gasteiger partial charge in [-0.25, -0.2) is 9.59 Å². The van der Waals surface area contributed by atoms with Crippen molar-refractivity contribution in [2.45, 2.75) is 90.3 Å². The van der Waals surface area contributed by atoms with Gasteiger partial charge in [0.05, 0.1) is 0 Å². The Balaban J connectivity index is 1.33. The van der Waals surface area contributed by atoms with E-state index in [0.717, 1.165) is 49.7 Å². The van der Waals surface area contributed by atoms with Gasteiger partial charge in [-0.2, -0.15) is 0 Å². The molecule has 0 spiro atoms. The summed E-state index contributed by atoms with van der Waals surface area (Å²) in [7, 11) is 0. The Kier molecular flexibility index (Phi) is 15.6. The minimum Gasteiger partial charge on any atom is -0.444 e. The van der Waals surface area contributed by atoms with E-state index >= 15 is 0 Å². The summed E-state index contributed by atoms with van der Waals surface area (Å²) in [5.41, 5.74) is 1.84. The smallest absolute Gasteiger partial charge is 0.412 e. The van der Waals surface area contributed by atoms with Crippen LogP contribution in [0.5, 0.6) is 0 Å². The van der Waals surface area contributed by atoms with Gasteiger partial charge in [0.1, 0.15) is 24.9 Å². The molecular weight excluding hydrogens is 480 g/mol. The van der Waals surface area contributed by atoms with Gasteiger partial charge in [-0.3, -0.25) is 21.5 Å². The minimum atomic E-state index is -0.576. The van der Waals surface area contributed by atoms with Crippen molar-refractivity contribution in [2.75, 3.05) is 0 Å². The summed E-state index contributed by atoms with van der Waals surface area (Å²) < 4.78 is 10.3. The van der Waals surface area contributed by atoms with Crippen LogP contribution in [0.2, 0.25) is 0 Å². The van der Waals surface area contributed by atoms with Crippen molar-refractivity contribution in [3.8, 4) is 0 Å². The molecule has 2 aromatic carbocycles. The van der Waals surface area contributed by atoms with Crippen molar-refractivity contribution < 1.29 is 19.1 Å². The predicted octanol–water partition coefficient (Wildman–Crippen LogP) is 7.47. The lowest BCUT2D eigenvalue weighted by Crippen LogP contribution is -2.30. The maximum absolute atomic E-state index is 11.8. The van der Waals surface area contributed by atoms with E-state index in [9.17, 15) is 9.59 Å². The quantitative estimate of drug-likeness (QED) is 0.0976. The Morgan fingerprint density at radius 1 is 0.526 bits per heavy atom. The number of ether oxygens (including phenoxy) is 2. The fraction of sp³-hybridized carbons (Fsp3) is 0.467. The van der Waals surface area contributed by atoms with Crippen molar-refractivity contribution in [3.63, 3.8) is 0 Å². The molecule has 206 valence electrons. The summed E-state index contributed by atoms with van der Waals surface area (Å²) in [6.45, 7) is 0.403. The van der Waals surface area contributed by atoms with E-state index in [1.54, 1.807) is 0 Å². The number of hydrogen-bond donors (Lipinski definition) is 4. The van der Waals surface area contributed by atoms with Gasteiger partial charge in [-0.1, -0.05) is 112 Å². The average Bonchev–Trinajstić information content (AvgIpc) is 2.92. The number of rotatable bonds is 17. The predicted molar refractivity (Wildman–Crippen MR) is 150 cm³/mol. The second-order valence-corrected chi connectivity index (χ2v) is 9.37. The number of unbranched alkanes of at least 4 members (excludes halogenated alkanes) is 9. The second kappa shape index (κ2) is 19.4. The van der Waals surface area contributed by atoms with E-state index in [1.807, 2.05) is 60.7 Å². The lowest BCUT2D eigenvalue weighted by atomic mass is 10.0. The average molecular weight is 523 g/mol. The molecule has 8 heteroatoms. The molecule has 0 aromatic heterocycles. The van der Waals surface area contributed by atoms with Gasteiger partial charge >= 0.3 is 12.2 Å². The Bertz CT molecular complexity index is 887. The zero-order chi connectivity index (χ0) is 27.3. The number of hydrogen-bond acceptors (Lipinski definition) is 6. The lowest BCUT2D eigenvalue weighted by Gasteiger charge is -2.08. The highest BCUT2D eigenvalue weighted by Gasteiger charge is 2.07. The number of benzene rings is 2. The van der Waals surface area contributed by atoms with Gasteiger partial charge < -0.3 is 9.47 Å². The first-order chi connectivity index (χ1) is 18.5. The molecule has 38 heavy (non-hydrogen) atoms. The molecular formula is C30H42N4O4. The van der Waals surface area contributed by atoms with Crippen LogP contribution >= 0.6 is 0 Å². The van der Waals surface area contributed by atoms with Crippen LogP contribution < -0.4 is 10.6 Å². The molecule has 0 heterocycles. The molecule has 0 aliphatic carbocycles. The third-order valence-corrected chi connectivity index (χ3v) is 6.03. The summed E-state index contributed by atoms with van der Waals surface area (Å²) in [6, 6.07) is 18.9. The van der Waals surface area contributed by atoms with Gasteiger partial charge in [-0.05, 0) is 24.0 Å². The molecule has 0 saturated carbocycles. The zero-order valence-electron chi connectivity index (χ0n) is 22.3. The fourth-order valence-corrected chi connectivity index (χ4v) is 3.91. The summed E-state index contributed by atoms with van der Waals surface area (Å²) in [6.07, 6.45) is 10.8. The number of amidine groups is 2. The van der Waals surface area contributed by atoms with Crippen LogP contribution in [0.1, 0.15) is 88.2 Å². The molecule has 0 bridgehead atoms. The Labute approximate surface area is 226 Å². The molecule has 2 amide bonds. The third-order valence-electron chi connectivity index (χ3n) is 6.03. The second-order valence-electron chi connectivity index (χ2n) is 9.37. The Hall–Kier alpha value is -3.68. The SMILES string of the molecule is N=C(CCCCCCCCCCCCC(=N)NC(=O)OCc1ccccc1)NC(=O)OCc1ccccc1. The van der Waals surface area contributed by atoms with Crippen LogP contribution in [-0.4, -0.2) is 23.9 Å². The number of carbonyl (C=O) groups is 2. The van der Waals surface area contributed by atoms with Crippen molar-refractivity contribution in [1.29, 1.82) is 10.8 Å². The minimum absolute atomic E-state index is 0.201. The normalized spacial score (nSPS) is 10.4. The highest BCUT2D eigenvalue weighted by molar-refractivity contribution is 5.93. The fourth-order valence-electron chi connectivity index (χ4n) is 3.91. The summed E-state index contributed by atoms with van der Waals surface area (Å²) in [5.74, 6) is 0.408. The maximum Gasteiger partial charge on any atom is 0.412 e. The van der Waals surface area contributed by atoms with Crippen molar-refractivity contribution in [1.82, 2.24) is 10.6 Å². The lowest BCUT2D eigenvalue weighted by molar-refractivity contribution is 0.144. The van der Waals surface area contributed by atoms with Crippen LogP contribution in [0.15, 0.2) is 60.7 Å². The van der Waals surface area contributed by atoms with Gasteiger partial charge in [0, 0.05) is 12.8 Å². The van der Waals surface area contributed by atoms with Gasteiger partial charge in [0.15, 0.2) is 0 Å². The molecule has 8 nitrogen and oxygen atoms in total. The molecule has 0 saturated heterocycles. The molecule has 4 N–H and O–H groups in total. The van der Waals surface area contributed by atoms with Crippen molar-refractivity contribution >= 4 is 23.9 Å². The largest absolute Gasteiger partial charge is 0.444 e. The first-order valence-electron chi connectivity index (χ1n) is 13.6. The summed E-state index contributed by atoms with van der Waals surface area (Å²) >= 11 is 0.